The first-order valence-corrected chi connectivity index (χ1v) is 12.2. The highest BCUT2D eigenvalue weighted by Crippen LogP contribution is 2.44. The lowest BCUT2D eigenvalue weighted by Crippen LogP contribution is -2.15. The largest absolute Gasteiger partial charge is 0.493 e. The molecule has 0 unspecified atom stereocenters. The molecule has 1 aromatic heterocycles. The van der Waals surface area contributed by atoms with E-state index in [-0.39, 0.29) is 11.9 Å². The molecule has 1 heterocycles. The summed E-state index contributed by atoms with van der Waals surface area (Å²) in [4.78, 5) is 0.674. The minimum atomic E-state index is -0.329. The van der Waals surface area contributed by atoms with Gasteiger partial charge in [0, 0.05) is 22.6 Å². The molecule has 0 aliphatic heterocycles. The molecule has 7 nitrogen and oxygen atoms in total. The van der Waals surface area contributed by atoms with Gasteiger partial charge in [-0.25, -0.2) is 4.39 Å². The number of allylic oxidation sites excluding steroid dienone is 1. The number of methoxy groups -OCH3 is 3. The lowest BCUT2D eigenvalue weighted by atomic mass is 9.95. The number of halogens is 1. The number of ether oxygens (including phenoxy) is 3. The Labute approximate surface area is 208 Å². The van der Waals surface area contributed by atoms with Gasteiger partial charge in [-0.1, -0.05) is 31.4 Å². The monoisotopic (exact) mass is 494 g/mol. The smallest absolute Gasteiger partial charge is 0.203 e. The Balaban J connectivity index is 1.82. The Kier molecular flexibility index (Phi) is 7.93. The van der Waals surface area contributed by atoms with Gasteiger partial charge in [0.2, 0.25) is 5.75 Å². The molecule has 2 aromatic carbocycles. The molecule has 0 saturated heterocycles. The zero-order valence-electron chi connectivity index (χ0n) is 20.0. The second-order valence-electron chi connectivity index (χ2n) is 8.13. The highest BCUT2D eigenvalue weighted by Gasteiger charge is 2.26. The van der Waals surface area contributed by atoms with Crippen LogP contribution in [0.5, 0.6) is 17.2 Å². The summed E-state index contributed by atoms with van der Waals surface area (Å²) in [6, 6.07) is 12.1. The molecule has 4 rings (SSSR count). The zero-order chi connectivity index (χ0) is 24.8. The molecule has 0 amide bonds. The minimum Gasteiger partial charge on any atom is -0.493 e. The first-order valence-electron chi connectivity index (χ1n) is 11.4. The van der Waals surface area contributed by atoms with Crippen molar-refractivity contribution in [2.75, 3.05) is 21.3 Å². The Morgan fingerprint density at radius 3 is 2.26 bits per heavy atom. The number of rotatable bonds is 8. The van der Waals surface area contributed by atoms with E-state index in [2.05, 4.69) is 20.8 Å². The van der Waals surface area contributed by atoms with Crippen LogP contribution in [0, 0.1) is 17.1 Å². The van der Waals surface area contributed by atoms with Gasteiger partial charge in [-0.05, 0) is 54.4 Å². The third-order valence-electron chi connectivity index (χ3n) is 6.05. The van der Waals surface area contributed by atoms with Crippen molar-refractivity contribution in [3.63, 3.8) is 0 Å². The summed E-state index contributed by atoms with van der Waals surface area (Å²) in [5, 5.41) is 19.2. The van der Waals surface area contributed by atoms with Gasteiger partial charge in [-0.3, -0.25) is 4.57 Å². The second-order valence-corrected chi connectivity index (χ2v) is 9.14. The number of thioether (sulfide) groups is 1. The van der Waals surface area contributed by atoms with Crippen molar-refractivity contribution < 1.29 is 18.6 Å². The maximum atomic E-state index is 13.5. The normalized spacial score (nSPS) is 14.4. The molecule has 0 radical (unpaired) electrons. The van der Waals surface area contributed by atoms with E-state index in [1.165, 1.54) is 36.4 Å². The molecular weight excluding hydrogens is 467 g/mol. The predicted molar refractivity (Wildman–Crippen MR) is 133 cm³/mol. The standard InChI is InChI=1S/C26H27FN4O3S/c1-32-21-15-18(16-22(33-2)24(21)34-3)25-29-30-26(31(25)20-7-5-4-6-8-20)35-23(13-14-28)17-9-11-19(27)12-10-17/h9-13,15-16,20H,4-8H2,1-3H3. The Bertz CT molecular complexity index is 1220. The molecule has 1 aliphatic carbocycles. The average molecular weight is 495 g/mol. The van der Waals surface area contributed by atoms with Gasteiger partial charge < -0.3 is 14.2 Å². The topological polar surface area (TPSA) is 82.2 Å². The number of hydrogen-bond acceptors (Lipinski definition) is 7. The fraction of sp³-hybridized carbons (Fsp3) is 0.346. The molecule has 1 aliphatic rings. The van der Waals surface area contributed by atoms with Gasteiger partial charge in [-0.2, -0.15) is 5.26 Å². The maximum absolute atomic E-state index is 13.5. The van der Waals surface area contributed by atoms with Crippen LogP contribution in [0.1, 0.15) is 43.7 Å². The summed E-state index contributed by atoms with van der Waals surface area (Å²) < 4.78 is 32.2. The zero-order valence-corrected chi connectivity index (χ0v) is 20.8. The molecule has 9 heteroatoms. The minimum absolute atomic E-state index is 0.215. The lowest BCUT2D eigenvalue weighted by Gasteiger charge is -2.26. The maximum Gasteiger partial charge on any atom is 0.203 e. The molecule has 0 N–H and O–H groups in total. The first-order chi connectivity index (χ1) is 17.1. The molecule has 35 heavy (non-hydrogen) atoms. The van der Waals surface area contributed by atoms with E-state index >= 15 is 0 Å². The Morgan fingerprint density at radius 1 is 1.03 bits per heavy atom. The third kappa shape index (κ3) is 5.28. The van der Waals surface area contributed by atoms with Gasteiger partial charge in [0.1, 0.15) is 5.82 Å². The second kappa shape index (κ2) is 11.3. The van der Waals surface area contributed by atoms with Crippen LogP contribution < -0.4 is 14.2 Å². The van der Waals surface area contributed by atoms with Crippen LogP contribution in [0.15, 0.2) is 47.6 Å². The van der Waals surface area contributed by atoms with Crippen LogP contribution in [-0.2, 0) is 0 Å². The summed E-state index contributed by atoms with van der Waals surface area (Å²) in [7, 11) is 4.73. The molecule has 1 saturated carbocycles. The van der Waals surface area contributed by atoms with E-state index in [4.69, 9.17) is 14.2 Å². The van der Waals surface area contributed by atoms with Crippen LogP contribution in [0.3, 0.4) is 0 Å². The highest BCUT2D eigenvalue weighted by atomic mass is 32.2. The summed E-state index contributed by atoms with van der Waals surface area (Å²) in [6.07, 6.45) is 6.93. The fourth-order valence-electron chi connectivity index (χ4n) is 4.36. The SMILES string of the molecule is COc1cc(-c2nnc(SC(=CC#N)c3ccc(F)cc3)n2C2CCCCC2)cc(OC)c1OC. The van der Waals surface area contributed by atoms with Crippen molar-refractivity contribution in [1.29, 1.82) is 5.26 Å². The van der Waals surface area contributed by atoms with Gasteiger partial charge in [-0.15, -0.1) is 10.2 Å². The molecule has 0 spiro atoms. The van der Waals surface area contributed by atoms with Crippen molar-refractivity contribution in [2.24, 2.45) is 0 Å². The van der Waals surface area contributed by atoms with E-state index < -0.39 is 0 Å². The van der Waals surface area contributed by atoms with Crippen LogP contribution in [-0.4, -0.2) is 36.1 Å². The Hall–Kier alpha value is -3.51. The predicted octanol–water partition coefficient (Wildman–Crippen LogP) is 6.27. The molecule has 182 valence electrons. The van der Waals surface area contributed by atoms with E-state index in [1.54, 1.807) is 33.5 Å². The number of nitriles is 1. The van der Waals surface area contributed by atoms with Crippen LogP contribution in [0.2, 0.25) is 0 Å². The third-order valence-corrected chi connectivity index (χ3v) is 7.09. The number of benzene rings is 2. The quantitative estimate of drug-likeness (QED) is 0.269. The van der Waals surface area contributed by atoms with Crippen molar-refractivity contribution in [2.45, 2.75) is 43.3 Å². The number of nitrogens with zero attached hydrogens (tertiary/aromatic N) is 4. The summed E-state index contributed by atoms with van der Waals surface area (Å²) in [5.74, 6) is 1.93. The van der Waals surface area contributed by atoms with Crippen molar-refractivity contribution in [3.05, 3.63) is 53.9 Å². The van der Waals surface area contributed by atoms with Crippen molar-refractivity contribution in [1.82, 2.24) is 14.8 Å². The van der Waals surface area contributed by atoms with Crippen molar-refractivity contribution in [3.8, 4) is 34.7 Å². The summed E-state index contributed by atoms with van der Waals surface area (Å²) in [6.45, 7) is 0. The molecular formula is C26H27FN4O3S. The average Bonchev–Trinajstić information content (AvgIpc) is 3.32. The van der Waals surface area contributed by atoms with Crippen LogP contribution in [0.4, 0.5) is 4.39 Å². The fourth-order valence-corrected chi connectivity index (χ4v) is 5.34. The van der Waals surface area contributed by atoms with Crippen LogP contribution in [0.25, 0.3) is 16.3 Å². The van der Waals surface area contributed by atoms with Gasteiger partial charge >= 0.3 is 0 Å². The number of aromatic nitrogens is 3. The Morgan fingerprint density at radius 2 is 1.69 bits per heavy atom. The van der Waals surface area contributed by atoms with Gasteiger partial charge in [0.15, 0.2) is 22.5 Å². The van der Waals surface area contributed by atoms with Gasteiger partial charge in [0.25, 0.3) is 0 Å². The lowest BCUT2D eigenvalue weighted by molar-refractivity contribution is 0.324. The number of hydrogen-bond donors (Lipinski definition) is 0. The summed E-state index contributed by atoms with van der Waals surface area (Å²) in [5.41, 5.74) is 1.53. The summed E-state index contributed by atoms with van der Waals surface area (Å²) >= 11 is 1.35. The molecule has 1 fully saturated rings. The molecule has 0 bridgehead atoms. The highest BCUT2D eigenvalue weighted by molar-refractivity contribution is 8.08. The van der Waals surface area contributed by atoms with Crippen molar-refractivity contribution >= 4 is 16.7 Å². The van der Waals surface area contributed by atoms with E-state index in [9.17, 15) is 9.65 Å². The molecule has 0 atom stereocenters. The van der Waals surface area contributed by atoms with E-state index in [1.807, 2.05) is 12.1 Å². The van der Waals surface area contributed by atoms with Crippen LogP contribution >= 0.6 is 11.8 Å². The van der Waals surface area contributed by atoms with E-state index in [0.29, 0.717) is 33.1 Å². The van der Waals surface area contributed by atoms with Gasteiger partial charge in [0.05, 0.1) is 27.4 Å². The van der Waals surface area contributed by atoms with E-state index in [0.717, 1.165) is 36.8 Å². The first kappa shape index (κ1) is 24.6. The molecule has 3 aromatic rings.